The molecular formula is C19H26N4O2S. The summed E-state index contributed by atoms with van der Waals surface area (Å²) in [5.74, 6) is 0.272. The van der Waals surface area contributed by atoms with E-state index in [2.05, 4.69) is 41.6 Å². The molecule has 7 heteroatoms. The lowest BCUT2D eigenvalue weighted by atomic mass is 10.0. The van der Waals surface area contributed by atoms with Crippen LogP contribution in [0.1, 0.15) is 43.2 Å². The monoisotopic (exact) mass is 374 g/mol. The minimum absolute atomic E-state index is 0.0406. The van der Waals surface area contributed by atoms with Crippen LogP contribution in [0.25, 0.3) is 10.2 Å². The van der Waals surface area contributed by atoms with Gasteiger partial charge in [0, 0.05) is 25.4 Å². The Bertz CT molecular complexity index is 798. The molecule has 1 aliphatic carbocycles. The molecule has 1 aliphatic rings. The maximum Gasteiger partial charge on any atom is 0.243 e. The van der Waals surface area contributed by atoms with Crippen molar-refractivity contribution in [3.8, 4) is 0 Å². The number of aromatic nitrogens is 1. The highest BCUT2D eigenvalue weighted by molar-refractivity contribution is 7.18. The fourth-order valence-electron chi connectivity index (χ4n) is 2.77. The van der Waals surface area contributed by atoms with Crippen molar-refractivity contribution >= 4 is 33.4 Å². The first-order valence-electron chi connectivity index (χ1n) is 9.15. The molecule has 0 aliphatic heterocycles. The van der Waals surface area contributed by atoms with E-state index < -0.39 is 6.04 Å². The van der Waals surface area contributed by atoms with Gasteiger partial charge in [-0.2, -0.15) is 0 Å². The summed E-state index contributed by atoms with van der Waals surface area (Å²) in [7, 11) is 0. The Morgan fingerprint density at radius 3 is 2.77 bits per heavy atom. The van der Waals surface area contributed by atoms with Crippen molar-refractivity contribution in [2.24, 2.45) is 11.7 Å². The SMILES string of the molecule is CC(C)c1ccc2nc(C[C@H](NC(=O)C3CC3)C(=O)NCCN)sc2c1. The molecule has 2 aromatic rings. The second-order valence-electron chi connectivity index (χ2n) is 7.11. The lowest BCUT2D eigenvalue weighted by molar-refractivity contribution is -0.129. The van der Waals surface area contributed by atoms with Gasteiger partial charge in [0.1, 0.15) is 6.04 Å². The molecule has 0 saturated heterocycles. The van der Waals surface area contributed by atoms with Gasteiger partial charge in [0.05, 0.1) is 15.2 Å². The van der Waals surface area contributed by atoms with Crippen LogP contribution in [0.15, 0.2) is 18.2 Å². The van der Waals surface area contributed by atoms with Crippen molar-refractivity contribution < 1.29 is 9.59 Å². The van der Waals surface area contributed by atoms with Crippen molar-refractivity contribution in [3.05, 3.63) is 28.8 Å². The van der Waals surface area contributed by atoms with E-state index in [1.165, 1.54) is 5.56 Å². The van der Waals surface area contributed by atoms with Crippen LogP contribution in [0, 0.1) is 5.92 Å². The van der Waals surface area contributed by atoms with Gasteiger partial charge in [0.25, 0.3) is 0 Å². The fourth-order valence-corrected chi connectivity index (χ4v) is 3.83. The predicted octanol–water partition coefficient (Wildman–Crippen LogP) is 1.93. The highest BCUT2D eigenvalue weighted by Crippen LogP contribution is 2.30. The third-order valence-corrected chi connectivity index (χ3v) is 5.57. The number of rotatable bonds is 8. The Morgan fingerprint density at radius 2 is 2.12 bits per heavy atom. The molecule has 3 rings (SSSR count). The molecule has 6 nitrogen and oxygen atoms in total. The van der Waals surface area contributed by atoms with Gasteiger partial charge in [-0.25, -0.2) is 4.98 Å². The molecule has 0 bridgehead atoms. The summed E-state index contributed by atoms with van der Waals surface area (Å²) in [6, 6.07) is 5.67. The highest BCUT2D eigenvalue weighted by Gasteiger charge is 2.33. The smallest absolute Gasteiger partial charge is 0.243 e. The lowest BCUT2D eigenvalue weighted by Gasteiger charge is -2.17. The zero-order valence-electron chi connectivity index (χ0n) is 15.2. The minimum atomic E-state index is -0.611. The third kappa shape index (κ3) is 4.59. The molecule has 1 saturated carbocycles. The second-order valence-corrected chi connectivity index (χ2v) is 8.22. The van der Waals surface area contributed by atoms with Crippen LogP contribution in [0.2, 0.25) is 0 Å². The number of hydrogen-bond acceptors (Lipinski definition) is 5. The number of thiazole rings is 1. The van der Waals surface area contributed by atoms with Gasteiger partial charge in [-0.1, -0.05) is 19.9 Å². The minimum Gasteiger partial charge on any atom is -0.353 e. The largest absolute Gasteiger partial charge is 0.353 e. The zero-order valence-corrected chi connectivity index (χ0v) is 16.1. The van der Waals surface area contributed by atoms with Crippen molar-refractivity contribution in [1.29, 1.82) is 0 Å². The van der Waals surface area contributed by atoms with E-state index in [0.29, 0.717) is 25.4 Å². The number of nitrogens with two attached hydrogens (primary N) is 1. The number of hydrogen-bond donors (Lipinski definition) is 3. The average Bonchev–Trinajstić information content (AvgIpc) is 3.38. The first-order chi connectivity index (χ1) is 12.5. The van der Waals surface area contributed by atoms with Gasteiger partial charge in [-0.3, -0.25) is 9.59 Å². The molecule has 1 aromatic heterocycles. The van der Waals surface area contributed by atoms with Crippen LogP contribution in [-0.2, 0) is 16.0 Å². The Balaban J connectivity index is 1.76. The quantitative estimate of drug-likeness (QED) is 0.658. The maximum absolute atomic E-state index is 12.4. The lowest BCUT2D eigenvalue weighted by Crippen LogP contribution is -2.49. The number of nitrogens with one attached hydrogen (secondary N) is 2. The van der Waals surface area contributed by atoms with Crippen molar-refractivity contribution in [3.63, 3.8) is 0 Å². The van der Waals surface area contributed by atoms with Crippen LogP contribution < -0.4 is 16.4 Å². The zero-order chi connectivity index (χ0) is 18.7. The number of nitrogens with zero attached hydrogens (tertiary/aromatic N) is 1. The van der Waals surface area contributed by atoms with E-state index in [1.807, 2.05) is 6.07 Å². The summed E-state index contributed by atoms with van der Waals surface area (Å²) in [5, 5.41) is 6.51. The molecule has 2 amide bonds. The summed E-state index contributed by atoms with van der Waals surface area (Å²) < 4.78 is 1.11. The average molecular weight is 375 g/mol. The molecule has 140 valence electrons. The molecule has 1 heterocycles. The number of amides is 2. The molecular weight excluding hydrogens is 348 g/mol. The number of carbonyl (C=O) groups is 2. The third-order valence-electron chi connectivity index (χ3n) is 4.53. The van der Waals surface area contributed by atoms with Crippen LogP contribution in [0.4, 0.5) is 0 Å². The highest BCUT2D eigenvalue weighted by atomic mass is 32.1. The summed E-state index contributed by atoms with van der Waals surface area (Å²) in [4.78, 5) is 29.2. The predicted molar refractivity (Wildman–Crippen MR) is 104 cm³/mol. The Hall–Kier alpha value is -1.99. The summed E-state index contributed by atoms with van der Waals surface area (Å²) in [5.41, 5.74) is 7.67. The van der Waals surface area contributed by atoms with Crippen LogP contribution >= 0.6 is 11.3 Å². The Kier molecular flexibility index (Phi) is 5.88. The topological polar surface area (TPSA) is 97.1 Å². The van der Waals surface area contributed by atoms with E-state index in [1.54, 1.807) is 11.3 Å². The van der Waals surface area contributed by atoms with E-state index in [9.17, 15) is 9.59 Å². The molecule has 4 N–H and O–H groups in total. The van der Waals surface area contributed by atoms with Gasteiger partial charge in [0.15, 0.2) is 0 Å². The van der Waals surface area contributed by atoms with Crippen LogP contribution in [-0.4, -0.2) is 35.9 Å². The molecule has 0 unspecified atom stereocenters. The molecule has 26 heavy (non-hydrogen) atoms. The van der Waals surface area contributed by atoms with Gasteiger partial charge >= 0.3 is 0 Å². The number of benzene rings is 1. The summed E-state index contributed by atoms with van der Waals surface area (Å²) in [6.45, 7) is 5.09. The first-order valence-corrected chi connectivity index (χ1v) is 9.97. The Labute approximate surface area is 157 Å². The standard InChI is InChI=1S/C19H26N4O2S/c1-11(2)13-5-6-14-16(9-13)26-17(22-14)10-15(19(25)21-8-7-20)23-18(24)12-3-4-12/h5-6,9,11-12,15H,3-4,7-8,10,20H2,1-2H3,(H,21,25)(H,23,24)/t15-/m0/s1. The normalized spacial score (nSPS) is 15.2. The molecule has 0 radical (unpaired) electrons. The van der Waals surface area contributed by atoms with E-state index in [0.717, 1.165) is 28.1 Å². The summed E-state index contributed by atoms with van der Waals surface area (Å²) in [6.07, 6.45) is 2.20. The molecule has 1 aromatic carbocycles. The van der Waals surface area contributed by atoms with Gasteiger partial charge in [-0.05, 0) is 36.5 Å². The summed E-state index contributed by atoms with van der Waals surface area (Å²) >= 11 is 1.58. The molecule has 1 atom stereocenters. The van der Waals surface area contributed by atoms with Gasteiger partial charge < -0.3 is 16.4 Å². The van der Waals surface area contributed by atoms with E-state index >= 15 is 0 Å². The van der Waals surface area contributed by atoms with Gasteiger partial charge in [-0.15, -0.1) is 11.3 Å². The fraction of sp³-hybridized carbons (Fsp3) is 0.526. The number of fused-ring (bicyclic) bond motifs is 1. The number of carbonyl (C=O) groups excluding carboxylic acids is 2. The first kappa shape index (κ1) is 18.8. The van der Waals surface area contributed by atoms with Gasteiger partial charge in [0.2, 0.25) is 11.8 Å². The second kappa shape index (κ2) is 8.14. The van der Waals surface area contributed by atoms with Crippen molar-refractivity contribution in [2.75, 3.05) is 13.1 Å². The Morgan fingerprint density at radius 1 is 1.35 bits per heavy atom. The molecule has 0 spiro atoms. The van der Waals surface area contributed by atoms with E-state index in [4.69, 9.17) is 5.73 Å². The maximum atomic E-state index is 12.4. The van der Waals surface area contributed by atoms with Crippen LogP contribution in [0.5, 0.6) is 0 Å². The van der Waals surface area contributed by atoms with Crippen molar-refractivity contribution in [2.45, 2.75) is 45.1 Å². The van der Waals surface area contributed by atoms with Crippen LogP contribution in [0.3, 0.4) is 0 Å². The molecule has 1 fully saturated rings. The van der Waals surface area contributed by atoms with E-state index in [-0.39, 0.29) is 17.7 Å². The van der Waals surface area contributed by atoms with Crippen molar-refractivity contribution in [1.82, 2.24) is 15.6 Å².